The Balaban J connectivity index is 1.66. The Morgan fingerprint density at radius 3 is 2.50 bits per heavy atom. The van der Waals surface area contributed by atoms with E-state index in [-0.39, 0.29) is 5.91 Å². The number of sulfonamides is 1. The summed E-state index contributed by atoms with van der Waals surface area (Å²) in [6.07, 6.45) is 7.02. The van der Waals surface area contributed by atoms with Crippen LogP contribution in [0.25, 0.3) is 11.1 Å². The molecule has 0 spiro atoms. The number of carbonyl (C=O) groups excluding carboxylic acids is 1. The maximum Gasteiger partial charge on any atom is 0.255 e. The Morgan fingerprint density at radius 1 is 1.04 bits per heavy atom. The van der Waals surface area contributed by atoms with Crippen molar-refractivity contribution in [3.05, 3.63) is 53.1 Å². The number of anilines is 1. The number of amides is 1. The molecule has 1 aliphatic heterocycles. The summed E-state index contributed by atoms with van der Waals surface area (Å²) in [6.45, 7) is 2.66. The Bertz CT molecular complexity index is 1020. The molecule has 1 amide bonds. The van der Waals surface area contributed by atoms with Gasteiger partial charge in [0.1, 0.15) is 0 Å². The van der Waals surface area contributed by atoms with Crippen molar-refractivity contribution in [3.8, 4) is 11.1 Å². The minimum absolute atomic E-state index is 0.165. The Labute approximate surface area is 166 Å². The average Bonchev–Trinajstić information content (AvgIpc) is 2.98. The monoisotopic (exact) mass is 398 g/mol. The second-order valence-electron chi connectivity index (χ2n) is 8.01. The first-order valence-corrected chi connectivity index (χ1v) is 11.7. The van der Waals surface area contributed by atoms with Crippen molar-refractivity contribution in [1.82, 2.24) is 4.90 Å². The van der Waals surface area contributed by atoms with Gasteiger partial charge in [0.05, 0.1) is 6.26 Å². The van der Waals surface area contributed by atoms with E-state index >= 15 is 0 Å². The fourth-order valence-electron chi connectivity index (χ4n) is 4.52. The predicted octanol–water partition coefficient (Wildman–Crippen LogP) is 4.32. The van der Waals surface area contributed by atoms with Crippen molar-refractivity contribution in [3.63, 3.8) is 0 Å². The van der Waals surface area contributed by atoms with Gasteiger partial charge >= 0.3 is 0 Å². The molecule has 148 valence electrons. The molecule has 1 saturated carbocycles. The number of rotatable bonds is 4. The molecule has 2 aromatic rings. The van der Waals surface area contributed by atoms with Crippen LogP contribution < -0.4 is 4.72 Å². The number of nitrogens with zero attached hydrogens (tertiary/aromatic N) is 1. The van der Waals surface area contributed by atoms with Gasteiger partial charge < -0.3 is 4.90 Å². The van der Waals surface area contributed by atoms with Crippen LogP contribution in [0.5, 0.6) is 0 Å². The summed E-state index contributed by atoms with van der Waals surface area (Å²) in [6, 6.07) is 11.8. The molecule has 6 heteroatoms. The van der Waals surface area contributed by atoms with E-state index in [9.17, 15) is 13.2 Å². The summed E-state index contributed by atoms with van der Waals surface area (Å²) in [5.41, 5.74) is 5.39. The van der Waals surface area contributed by atoms with Crippen LogP contribution in [0.4, 0.5) is 5.69 Å². The van der Waals surface area contributed by atoms with Gasteiger partial charge in [0.2, 0.25) is 10.0 Å². The van der Waals surface area contributed by atoms with Gasteiger partial charge in [-0.3, -0.25) is 9.52 Å². The van der Waals surface area contributed by atoms with Crippen molar-refractivity contribution in [1.29, 1.82) is 0 Å². The number of hydrogen-bond acceptors (Lipinski definition) is 3. The van der Waals surface area contributed by atoms with E-state index in [1.165, 1.54) is 19.3 Å². The SMILES string of the molecule is Cc1cc(-c2cccc(NS(C)(=O)=O)c2)cc2c1C(=O)N(C1CCCCC1)C2. The fourth-order valence-corrected chi connectivity index (χ4v) is 5.08. The third-order valence-electron chi connectivity index (χ3n) is 5.75. The van der Waals surface area contributed by atoms with E-state index in [0.29, 0.717) is 18.3 Å². The van der Waals surface area contributed by atoms with Gasteiger partial charge in [0.25, 0.3) is 5.91 Å². The molecule has 0 radical (unpaired) electrons. The smallest absolute Gasteiger partial charge is 0.255 e. The quantitative estimate of drug-likeness (QED) is 0.834. The number of carbonyl (C=O) groups is 1. The zero-order valence-electron chi connectivity index (χ0n) is 16.4. The highest BCUT2D eigenvalue weighted by Gasteiger charge is 2.34. The molecular weight excluding hydrogens is 372 g/mol. The molecule has 0 bridgehead atoms. The molecule has 1 heterocycles. The van der Waals surface area contributed by atoms with Crippen LogP contribution >= 0.6 is 0 Å². The predicted molar refractivity (Wildman–Crippen MR) is 112 cm³/mol. The molecule has 0 aromatic heterocycles. The van der Waals surface area contributed by atoms with E-state index in [4.69, 9.17) is 0 Å². The summed E-state index contributed by atoms with van der Waals surface area (Å²) in [5.74, 6) is 0.165. The Hall–Kier alpha value is -2.34. The largest absolute Gasteiger partial charge is 0.331 e. The van der Waals surface area contributed by atoms with Crippen molar-refractivity contribution >= 4 is 21.6 Å². The second-order valence-corrected chi connectivity index (χ2v) is 9.76. The molecule has 1 N–H and O–H groups in total. The van der Waals surface area contributed by atoms with Gasteiger partial charge in [-0.2, -0.15) is 0 Å². The maximum absolute atomic E-state index is 13.0. The normalized spacial score (nSPS) is 17.6. The molecule has 1 fully saturated rings. The van der Waals surface area contributed by atoms with Gasteiger partial charge in [-0.1, -0.05) is 37.5 Å². The summed E-state index contributed by atoms with van der Waals surface area (Å²) < 4.78 is 25.6. The van der Waals surface area contributed by atoms with Crippen molar-refractivity contribution in [2.45, 2.75) is 51.6 Å². The summed E-state index contributed by atoms with van der Waals surface area (Å²) in [5, 5.41) is 0. The van der Waals surface area contributed by atoms with E-state index in [0.717, 1.165) is 46.9 Å². The third kappa shape index (κ3) is 3.78. The van der Waals surface area contributed by atoms with Crippen LogP contribution in [-0.2, 0) is 16.6 Å². The molecule has 0 atom stereocenters. The minimum Gasteiger partial charge on any atom is -0.331 e. The van der Waals surface area contributed by atoms with Crippen molar-refractivity contribution in [2.75, 3.05) is 11.0 Å². The lowest BCUT2D eigenvalue weighted by atomic mass is 9.94. The van der Waals surface area contributed by atoms with E-state index < -0.39 is 10.0 Å². The molecular formula is C22H26N2O3S. The lowest BCUT2D eigenvalue weighted by molar-refractivity contribution is 0.0659. The number of fused-ring (bicyclic) bond motifs is 1. The first-order chi connectivity index (χ1) is 13.3. The molecule has 28 heavy (non-hydrogen) atoms. The standard InChI is InChI=1S/C22H26N2O3S/c1-15-11-17(16-7-6-8-19(13-16)23-28(2,26)27)12-18-14-24(22(25)21(15)18)20-9-4-3-5-10-20/h6-8,11-13,20,23H,3-5,9-10,14H2,1-2H3. The lowest BCUT2D eigenvalue weighted by Crippen LogP contribution is -2.36. The number of aryl methyl sites for hydroxylation is 1. The third-order valence-corrected chi connectivity index (χ3v) is 6.35. The van der Waals surface area contributed by atoms with Gasteiger partial charge in [0, 0.05) is 23.8 Å². The zero-order chi connectivity index (χ0) is 19.9. The topological polar surface area (TPSA) is 66.5 Å². The van der Waals surface area contributed by atoms with E-state index in [1.807, 2.05) is 31.2 Å². The molecule has 0 unspecified atom stereocenters. The maximum atomic E-state index is 13.0. The van der Waals surface area contributed by atoms with E-state index in [2.05, 4.69) is 15.7 Å². The van der Waals surface area contributed by atoms with Crippen molar-refractivity contribution in [2.24, 2.45) is 0 Å². The van der Waals surface area contributed by atoms with Gasteiger partial charge in [-0.25, -0.2) is 8.42 Å². The first-order valence-electron chi connectivity index (χ1n) is 9.84. The minimum atomic E-state index is -3.32. The lowest BCUT2D eigenvalue weighted by Gasteiger charge is -2.30. The van der Waals surface area contributed by atoms with Crippen LogP contribution in [-0.4, -0.2) is 31.5 Å². The van der Waals surface area contributed by atoms with Gasteiger partial charge in [0.15, 0.2) is 0 Å². The zero-order valence-corrected chi connectivity index (χ0v) is 17.2. The number of benzene rings is 2. The van der Waals surface area contributed by atoms with Crippen LogP contribution in [0.1, 0.15) is 53.6 Å². The van der Waals surface area contributed by atoms with Crippen LogP contribution in [0.3, 0.4) is 0 Å². The second kappa shape index (κ2) is 7.24. The number of hydrogen-bond donors (Lipinski definition) is 1. The summed E-state index contributed by atoms with van der Waals surface area (Å²) >= 11 is 0. The highest BCUT2D eigenvalue weighted by atomic mass is 32.2. The Kier molecular flexibility index (Phi) is 4.91. The van der Waals surface area contributed by atoms with E-state index in [1.54, 1.807) is 6.07 Å². The van der Waals surface area contributed by atoms with Crippen LogP contribution in [0.15, 0.2) is 36.4 Å². The fraction of sp³-hybridized carbons (Fsp3) is 0.409. The molecule has 1 aliphatic carbocycles. The first kappa shape index (κ1) is 19.0. The van der Waals surface area contributed by atoms with Crippen molar-refractivity contribution < 1.29 is 13.2 Å². The van der Waals surface area contributed by atoms with Gasteiger partial charge in [-0.05, 0) is 60.2 Å². The highest BCUT2D eigenvalue weighted by molar-refractivity contribution is 7.92. The van der Waals surface area contributed by atoms with Crippen LogP contribution in [0, 0.1) is 6.92 Å². The average molecular weight is 399 g/mol. The summed E-state index contributed by atoms with van der Waals surface area (Å²) in [7, 11) is -3.32. The molecule has 2 aliphatic rings. The highest BCUT2D eigenvalue weighted by Crippen LogP contribution is 2.35. The van der Waals surface area contributed by atoms with Gasteiger partial charge in [-0.15, -0.1) is 0 Å². The Morgan fingerprint density at radius 2 is 1.79 bits per heavy atom. The molecule has 5 nitrogen and oxygen atoms in total. The molecule has 2 aromatic carbocycles. The number of nitrogens with one attached hydrogen (secondary N) is 1. The van der Waals surface area contributed by atoms with Crippen LogP contribution in [0.2, 0.25) is 0 Å². The molecule has 0 saturated heterocycles. The summed E-state index contributed by atoms with van der Waals surface area (Å²) in [4.78, 5) is 15.1. The molecule has 4 rings (SSSR count).